The molecule has 140 heavy (non-hydrogen) atoms. The van der Waals surface area contributed by atoms with Gasteiger partial charge < -0.3 is 18.6 Å². The zero-order valence-corrected chi connectivity index (χ0v) is 84.0. The van der Waals surface area contributed by atoms with E-state index >= 15 is 0 Å². The Balaban J connectivity index is 0.000000146. The molecule has 0 amide bonds. The molecule has 8 aromatic heterocycles. The van der Waals surface area contributed by atoms with Crippen molar-refractivity contribution in [2.75, 3.05) is 9.80 Å². The van der Waals surface area contributed by atoms with Crippen LogP contribution in [0.15, 0.2) is 486 Å². The summed E-state index contributed by atoms with van der Waals surface area (Å²) in [6.45, 7) is 0. The maximum Gasteiger partial charge on any atom is 2.00 e. The number of fused-ring (bicyclic) bond motifs is 22. The standard InChI is InChI=1S/2C62H40N4SSi2.2Pd/c1-5-20-44(21-6-1)68(45-22-7-2-8-23-45,49-34-35-50-51-29-13-15-31-55(51)65-38-37-64-61(65)54(50)40-49)48-28-17-19-43(39-48)66-56-42-58-53(52-30-14-16-32-57(52)67-58)41-60(56)69(46-24-9-3-10-25-46,47-26-11-4-12-27-47)59-33-18-36-63-62(59)66;1-5-20-44(21-6-1)68(45-22-7-2-8-23-45,49-34-35-50-51-29-13-15-31-55(51)65-38-37-64-61(65)54(50)40-49)48-28-17-19-43(39-48)66-56-41-53-52-30-14-16-32-57(52)67-58(53)42-60(56)69(46-24-9-3-10-25-46,47-26-11-4-12-27-47)59-33-18-36-63-62(59)66;;/h2*1-38,41-42H;;/q2*-2;2*+2. The van der Waals surface area contributed by atoms with E-state index in [0.717, 1.165) is 99.0 Å². The van der Waals surface area contributed by atoms with Crippen molar-refractivity contribution in [3.8, 4) is 0 Å². The molecule has 26 aromatic rings. The fraction of sp³-hybridized carbons (Fsp3) is 0. The average molecular weight is 2070 g/mol. The second-order valence-corrected chi connectivity index (χ2v) is 52.9. The van der Waals surface area contributed by atoms with Gasteiger partial charge in [-0.2, -0.15) is 46.8 Å². The summed E-state index contributed by atoms with van der Waals surface area (Å²) >= 11 is 3.74. The molecule has 0 bridgehead atoms. The van der Waals surface area contributed by atoms with E-state index in [1.807, 2.05) is 47.5 Å². The van der Waals surface area contributed by atoms with Crippen molar-refractivity contribution in [2.24, 2.45) is 0 Å². The molecular weight excluding hydrogens is 1990 g/mol. The van der Waals surface area contributed by atoms with Gasteiger partial charge in [-0.1, -0.05) is 356 Å². The Bertz CT molecular complexity index is 9120. The number of pyridine rings is 4. The third kappa shape index (κ3) is 13.1. The van der Waals surface area contributed by atoms with Gasteiger partial charge in [0.05, 0.1) is 11.3 Å². The van der Waals surface area contributed by atoms with Gasteiger partial charge in [-0.05, 0) is 128 Å². The van der Waals surface area contributed by atoms with Crippen LogP contribution in [0.5, 0.6) is 0 Å². The summed E-state index contributed by atoms with van der Waals surface area (Å²) in [5, 5.41) is 31.8. The maximum atomic E-state index is 5.44. The van der Waals surface area contributed by atoms with Crippen molar-refractivity contribution in [3.05, 3.63) is 510 Å². The van der Waals surface area contributed by atoms with E-state index in [4.69, 9.17) is 19.9 Å². The Morgan fingerprint density at radius 1 is 0.236 bits per heavy atom. The van der Waals surface area contributed by atoms with Crippen molar-refractivity contribution in [1.82, 2.24) is 28.7 Å². The maximum absolute atomic E-state index is 5.44. The fourth-order valence-corrected chi connectivity index (χ4v) is 44.8. The van der Waals surface area contributed by atoms with Gasteiger partial charge in [0.2, 0.25) is 0 Å². The van der Waals surface area contributed by atoms with Gasteiger partial charge in [0.25, 0.3) is 0 Å². The Labute approximate surface area is 849 Å². The third-order valence-corrected chi connectivity index (χ3v) is 50.0. The molecule has 0 N–H and O–H groups in total. The van der Waals surface area contributed by atoms with Crippen LogP contribution in [0.3, 0.4) is 0 Å². The Kier molecular flexibility index (Phi) is 21.7. The number of aromatic nitrogens is 6. The Morgan fingerprint density at radius 3 is 0.979 bits per heavy atom. The van der Waals surface area contributed by atoms with Crippen LogP contribution in [0.25, 0.3) is 95.0 Å². The first-order chi connectivity index (χ1) is 68.4. The number of anilines is 6. The van der Waals surface area contributed by atoms with E-state index in [0.29, 0.717) is 0 Å². The molecule has 0 aliphatic carbocycles. The first-order valence-electron chi connectivity index (χ1n) is 46.8. The van der Waals surface area contributed by atoms with E-state index in [1.54, 1.807) is 0 Å². The molecule has 18 aromatic carbocycles. The molecule has 0 unspecified atom stereocenters. The number of hydrogen-bond acceptors (Lipinski definition) is 8. The van der Waals surface area contributed by atoms with Gasteiger partial charge >= 0.3 is 40.8 Å². The molecule has 0 saturated heterocycles. The molecule has 2 aliphatic heterocycles. The molecule has 0 saturated carbocycles. The van der Waals surface area contributed by atoms with E-state index in [-0.39, 0.29) is 40.8 Å². The van der Waals surface area contributed by atoms with Crippen LogP contribution in [0.1, 0.15) is 0 Å². The monoisotopic (exact) mass is 2070 g/mol. The molecular formula is C124H80N8Pd2S2Si4. The zero-order chi connectivity index (χ0) is 91.0. The second-order valence-electron chi connectivity index (χ2n) is 35.8. The van der Waals surface area contributed by atoms with Crippen molar-refractivity contribution in [1.29, 1.82) is 0 Å². The van der Waals surface area contributed by atoms with Crippen LogP contribution in [-0.2, 0) is 40.8 Å². The third-order valence-electron chi connectivity index (χ3n) is 28.9. The summed E-state index contributed by atoms with van der Waals surface area (Å²) in [6.07, 6.45) is 11.9. The number of rotatable bonds is 14. The zero-order valence-electron chi connectivity index (χ0n) is 75.2. The van der Waals surface area contributed by atoms with Gasteiger partial charge in [0, 0.05) is 99.9 Å². The van der Waals surface area contributed by atoms with Crippen LogP contribution in [0.2, 0.25) is 0 Å². The van der Waals surface area contributed by atoms with Crippen molar-refractivity contribution < 1.29 is 40.8 Å². The number of hydrogen-bond donors (Lipinski definition) is 0. The number of nitrogens with zero attached hydrogens (tertiary/aromatic N) is 8. The SMILES string of the molecule is [Pd+2].[Pd+2].[c-]1c(N2c3cc4c(cc3[Si](c3ccccc3)(c3ccccc3)c3cccnc32)sc2ccccc24)cccc1[Si](c1[c-]c2c(cc1)c1ccccc1n1ccnc21)(c1ccccc1)c1ccccc1.[c-]1c(N2c3cc4sc5ccccc5c4cc3[Si](c3ccccc3)(c3ccccc3)c3cccnc32)cccc1[Si](c1[c-]c2c(cc1)c1ccccc1n1ccnc21)(c1ccccc1)c1ccccc1. The molecule has 664 valence electrons. The Hall–Kier alpha value is -15.1. The topological polar surface area (TPSA) is 66.9 Å². The van der Waals surface area contributed by atoms with Crippen molar-refractivity contribution in [3.63, 3.8) is 0 Å². The minimum Gasteiger partial charge on any atom is -0.340 e. The second kappa shape index (κ2) is 35.1. The molecule has 0 radical (unpaired) electrons. The summed E-state index contributed by atoms with van der Waals surface area (Å²) in [5.41, 5.74) is 8.24. The van der Waals surface area contributed by atoms with Crippen LogP contribution in [-0.4, -0.2) is 61.0 Å². The van der Waals surface area contributed by atoms with Crippen LogP contribution in [0.4, 0.5) is 34.4 Å². The molecule has 10 heterocycles. The van der Waals surface area contributed by atoms with E-state index < -0.39 is 32.3 Å². The summed E-state index contributed by atoms with van der Waals surface area (Å²) in [6, 6.07) is 183. The van der Waals surface area contributed by atoms with Crippen LogP contribution >= 0.6 is 22.7 Å². The first-order valence-corrected chi connectivity index (χ1v) is 56.4. The van der Waals surface area contributed by atoms with E-state index in [1.165, 1.54) is 113 Å². The van der Waals surface area contributed by atoms with Crippen LogP contribution < -0.4 is 92.8 Å². The fourth-order valence-electron chi connectivity index (χ4n) is 23.2. The Morgan fingerprint density at radius 2 is 0.571 bits per heavy atom. The van der Waals surface area contributed by atoms with Gasteiger partial charge in [-0.15, -0.1) is 92.4 Å². The molecule has 8 nitrogen and oxygen atoms in total. The minimum absolute atomic E-state index is 0. The van der Waals surface area contributed by atoms with Crippen molar-refractivity contribution >= 4 is 267 Å². The molecule has 28 rings (SSSR count). The molecule has 0 fully saturated rings. The van der Waals surface area contributed by atoms with Gasteiger partial charge in [-0.25, -0.2) is 9.97 Å². The summed E-state index contributed by atoms with van der Waals surface area (Å²) in [5.74, 6) is 1.88. The minimum atomic E-state index is -3.22. The average Bonchev–Trinajstić information content (AvgIpc) is 1.07. The normalized spacial score (nSPS) is 13.1. The number of thiophene rings is 2. The number of imidazole rings is 2. The molecule has 0 spiro atoms. The largest absolute Gasteiger partial charge is 2.00 e. The predicted octanol–water partition coefficient (Wildman–Crippen LogP) is 19.1. The molecule has 16 heteroatoms. The van der Waals surface area contributed by atoms with Gasteiger partial charge in [0.1, 0.15) is 27.8 Å². The number of benzene rings is 18. The quantitative estimate of drug-likeness (QED) is 0.0468. The number of para-hydroxylation sites is 2. The van der Waals surface area contributed by atoms with E-state index in [9.17, 15) is 0 Å². The van der Waals surface area contributed by atoms with Crippen molar-refractivity contribution in [2.45, 2.75) is 0 Å². The van der Waals surface area contributed by atoms with Gasteiger partial charge in [-0.3, -0.25) is 9.97 Å². The first kappa shape index (κ1) is 86.5. The molecule has 2 aliphatic rings. The molecule has 0 atom stereocenters. The summed E-state index contributed by atoms with van der Waals surface area (Å²) in [7, 11) is -12.5. The van der Waals surface area contributed by atoms with Gasteiger partial charge in [0.15, 0.2) is 16.1 Å². The van der Waals surface area contributed by atoms with E-state index in [2.05, 4.69) is 504 Å². The smallest absolute Gasteiger partial charge is 0.340 e. The summed E-state index contributed by atoms with van der Waals surface area (Å²) < 4.78 is 9.52. The van der Waals surface area contributed by atoms with Crippen LogP contribution in [0, 0.1) is 24.3 Å². The summed E-state index contributed by atoms with van der Waals surface area (Å²) in [4.78, 5) is 25.7. The predicted molar refractivity (Wildman–Crippen MR) is 588 cm³/mol.